The molecule has 2 aromatic rings. The predicted molar refractivity (Wildman–Crippen MR) is 126 cm³/mol. The zero-order valence-corrected chi connectivity index (χ0v) is 19.7. The Kier molecular flexibility index (Phi) is 7.97. The molecule has 1 amide bonds. The summed E-state index contributed by atoms with van der Waals surface area (Å²) in [4.78, 5) is 15.0. The molecule has 2 aromatic carbocycles. The van der Waals surface area contributed by atoms with E-state index in [1.165, 1.54) is 24.8 Å². The van der Waals surface area contributed by atoms with Crippen LogP contribution in [-0.4, -0.2) is 45.1 Å². The monoisotopic (exact) mass is 463 g/mol. The fraction of sp³-hybridized carbons (Fsp3) is 0.435. The number of halogens is 1. The van der Waals surface area contributed by atoms with Crippen molar-refractivity contribution in [3.63, 3.8) is 0 Å². The molecular weight excluding hydrogens is 434 g/mol. The molecule has 1 N–H and O–H groups in total. The Labute approximate surface area is 190 Å². The quantitative estimate of drug-likeness (QED) is 0.647. The molecule has 8 heteroatoms. The van der Waals surface area contributed by atoms with Gasteiger partial charge in [0.1, 0.15) is 6.54 Å². The minimum absolute atomic E-state index is 0.298. The van der Waals surface area contributed by atoms with Crippen LogP contribution >= 0.6 is 11.6 Å². The molecule has 1 aliphatic heterocycles. The van der Waals surface area contributed by atoms with Gasteiger partial charge in [-0.15, -0.1) is 0 Å². The molecule has 1 fully saturated rings. The molecule has 0 spiro atoms. The van der Waals surface area contributed by atoms with Crippen LogP contribution in [0.25, 0.3) is 0 Å². The van der Waals surface area contributed by atoms with Gasteiger partial charge in [0.05, 0.1) is 11.9 Å². The molecule has 0 saturated carbocycles. The van der Waals surface area contributed by atoms with E-state index >= 15 is 0 Å². The van der Waals surface area contributed by atoms with Crippen LogP contribution in [0.1, 0.15) is 36.0 Å². The Morgan fingerprint density at radius 1 is 1.10 bits per heavy atom. The first-order valence-electron chi connectivity index (χ1n) is 10.5. The van der Waals surface area contributed by atoms with Crippen LogP contribution in [0.3, 0.4) is 0 Å². The van der Waals surface area contributed by atoms with E-state index in [1.807, 2.05) is 12.1 Å². The zero-order chi connectivity index (χ0) is 22.4. The largest absolute Gasteiger partial charge is 0.350 e. The summed E-state index contributed by atoms with van der Waals surface area (Å²) in [5, 5.41) is 3.30. The van der Waals surface area contributed by atoms with Crippen molar-refractivity contribution in [2.75, 3.05) is 30.2 Å². The second-order valence-electron chi connectivity index (χ2n) is 8.09. The minimum Gasteiger partial charge on any atom is -0.350 e. The second-order valence-corrected chi connectivity index (χ2v) is 10.4. The van der Waals surface area contributed by atoms with Crippen molar-refractivity contribution < 1.29 is 13.2 Å². The molecule has 1 saturated heterocycles. The van der Waals surface area contributed by atoms with Crippen molar-refractivity contribution in [1.82, 2.24) is 10.2 Å². The van der Waals surface area contributed by atoms with E-state index in [-0.39, 0.29) is 12.5 Å². The lowest BCUT2D eigenvalue weighted by atomic mass is 10.1. The van der Waals surface area contributed by atoms with Gasteiger partial charge in [-0.1, -0.05) is 48.4 Å². The normalized spacial score (nSPS) is 14.9. The standard InChI is InChI=1S/C23H30ClN3O3S/c1-18-21(24)10-7-11-22(18)27(31(2,29)30)17-23(28)25-15-19-8-6-9-20(14-19)16-26-12-4-3-5-13-26/h6-11,14H,3-5,12-13,15-17H2,1-2H3,(H,25,28). The molecule has 168 valence electrons. The lowest BCUT2D eigenvalue weighted by molar-refractivity contribution is -0.119. The summed E-state index contributed by atoms with van der Waals surface area (Å²) in [6, 6.07) is 13.2. The third kappa shape index (κ3) is 6.69. The number of sulfonamides is 1. The van der Waals surface area contributed by atoms with Gasteiger partial charge in [-0.2, -0.15) is 0 Å². The van der Waals surface area contributed by atoms with Crippen LogP contribution in [0.2, 0.25) is 5.02 Å². The van der Waals surface area contributed by atoms with Crippen molar-refractivity contribution in [2.24, 2.45) is 0 Å². The number of hydrogen-bond acceptors (Lipinski definition) is 4. The average Bonchev–Trinajstić information content (AvgIpc) is 2.73. The number of carbonyl (C=O) groups is 1. The van der Waals surface area contributed by atoms with E-state index in [1.54, 1.807) is 25.1 Å². The van der Waals surface area contributed by atoms with E-state index in [9.17, 15) is 13.2 Å². The SMILES string of the molecule is Cc1c(Cl)cccc1N(CC(=O)NCc1cccc(CN2CCCCC2)c1)S(C)(=O)=O. The Morgan fingerprint density at radius 3 is 2.48 bits per heavy atom. The van der Waals surface area contributed by atoms with Crippen molar-refractivity contribution in [3.05, 3.63) is 64.2 Å². The van der Waals surface area contributed by atoms with Crippen LogP contribution in [0.15, 0.2) is 42.5 Å². The van der Waals surface area contributed by atoms with Gasteiger partial charge in [0.2, 0.25) is 15.9 Å². The molecule has 3 rings (SSSR count). The van der Waals surface area contributed by atoms with Gasteiger partial charge in [0, 0.05) is 18.1 Å². The Morgan fingerprint density at radius 2 is 1.77 bits per heavy atom. The summed E-state index contributed by atoms with van der Waals surface area (Å²) >= 11 is 6.14. The third-order valence-corrected chi connectivity index (χ3v) is 7.07. The molecule has 0 radical (unpaired) electrons. The van der Waals surface area contributed by atoms with Gasteiger partial charge in [-0.05, 0) is 61.7 Å². The van der Waals surface area contributed by atoms with Gasteiger partial charge in [-0.25, -0.2) is 8.42 Å². The maximum atomic E-state index is 12.6. The van der Waals surface area contributed by atoms with E-state index in [2.05, 4.69) is 22.3 Å². The Bertz CT molecular complexity index is 1020. The van der Waals surface area contributed by atoms with Crippen LogP contribution in [0.5, 0.6) is 0 Å². The summed E-state index contributed by atoms with van der Waals surface area (Å²) in [5.74, 6) is -0.369. The molecule has 0 aliphatic carbocycles. The van der Waals surface area contributed by atoms with Crippen molar-refractivity contribution in [2.45, 2.75) is 39.3 Å². The van der Waals surface area contributed by atoms with Gasteiger partial charge in [-0.3, -0.25) is 14.0 Å². The molecule has 31 heavy (non-hydrogen) atoms. The highest BCUT2D eigenvalue weighted by molar-refractivity contribution is 7.92. The van der Waals surface area contributed by atoms with Crippen LogP contribution < -0.4 is 9.62 Å². The number of nitrogens with one attached hydrogen (secondary N) is 1. The van der Waals surface area contributed by atoms with E-state index in [0.29, 0.717) is 22.8 Å². The highest BCUT2D eigenvalue weighted by atomic mass is 35.5. The summed E-state index contributed by atoms with van der Waals surface area (Å²) in [6.07, 6.45) is 4.89. The summed E-state index contributed by atoms with van der Waals surface area (Å²) in [7, 11) is -3.65. The number of carbonyl (C=O) groups excluding carboxylic acids is 1. The van der Waals surface area contributed by atoms with Gasteiger partial charge in [0.25, 0.3) is 0 Å². The van der Waals surface area contributed by atoms with Gasteiger partial charge < -0.3 is 5.32 Å². The minimum atomic E-state index is -3.65. The van der Waals surface area contributed by atoms with Crippen LogP contribution in [-0.2, 0) is 27.9 Å². The molecule has 1 heterocycles. The first-order valence-corrected chi connectivity index (χ1v) is 12.8. The molecule has 6 nitrogen and oxygen atoms in total. The number of hydrogen-bond donors (Lipinski definition) is 1. The third-order valence-electron chi connectivity index (χ3n) is 5.53. The predicted octanol–water partition coefficient (Wildman–Crippen LogP) is 3.72. The van der Waals surface area contributed by atoms with Crippen LogP contribution in [0.4, 0.5) is 5.69 Å². The number of likely N-dealkylation sites (tertiary alicyclic amines) is 1. The highest BCUT2D eigenvalue weighted by Crippen LogP contribution is 2.28. The topological polar surface area (TPSA) is 69.7 Å². The number of piperidine rings is 1. The fourth-order valence-electron chi connectivity index (χ4n) is 3.85. The summed E-state index contributed by atoms with van der Waals surface area (Å²) < 4.78 is 25.8. The van der Waals surface area contributed by atoms with E-state index in [4.69, 9.17) is 11.6 Å². The van der Waals surface area contributed by atoms with E-state index in [0.717, 1.165) is 35.8 Å². The van der Waals surface area contributed by atoms with Gasteiger partial charge >= 0.3 is 0 Å². The number of amides is 1. The summed E-state index contributed by atoms with van der Waals surface area (Å²) in [6.45, 7) is 4.96. The maximum Gasteiger partial charge on any atom is 0.241 e. The second kappa shape index (κ2) is 10.5. The average molecular weight is 464 g/mol. The zero-order valence-electron chi connectivity index (χ0n) is 18.1. The first kappa shape index (κ1) is 23.6. The molecular formula is C23H30ClN3O3S. The Hall–Kier alpha value is -2.09. The maximum absolute atomic E-state index is 12.6. The smallest absolute Gasteiger partial charge is 0.241 e. The molecule has 1 aliphatic rings. The summed E-state index contributed by atoms with van der Waals surface area (Å²) in [5.41, 5.74) is 3.25. The fourth-order valence-corrected chi connectivity index (χ4v) is 4.92. The van der Waals surface area contributed by atoms with Crippen molar-refractivity contribution >= 4 is 33.2 Å². The lowest BCUT2D eigenvalue weighted by Gasteiger charge is -2.26. The van der Waals surface area contributed by atoms with Crippen LogP contribution in [0, 0.1) is 6.92 Å². The lowest BCUT2D eigenvalue weighted by Crippen LogP contribution is -2.40. The Balaban J connectivity index is 1.63. The molecule has 0 unspecified atom stereocenters. The number of anilines is 1. The van der Waals surface area contributed by atoms with E-state index < -0.39 is 10.0 Å². The van der Waals surface area contributed by atoms with Crippen molar-refractivity contribution in [1.29, 1.82) is 0 Å². The van der Waals surface area contributed by atoms with Gasteiger partial charge in [0.15, 0.2) is 0 Å². The molecule has 0 bridgehead atoms. The number of rotatable bonds is 8. The number of nitrogens with zero attached hydrogens (tertiary/aromatic N) is 2. The first-order chi connectivity index (χ1) is 14.7. The van der Waals surface area contributed by atoms with Crippen molar-refractivity contribution in [3.8, 4) is 0 Å². The molecule has 0 atom stereocenters. The highest BCUT2D eigenvalue weighted by Gasteiger charge is 2.23. The number of benzene rings is 2. The molecule has 0 aromatic heterocycles.